The van der Waals surface area contributed by atoms with Gasteiger partial charge in [-0.15, -0.1) is 0 Å². The number of aliphatic hydroxyl groups is 1. The Morgan fingerprint density at radius 2 is 1.90 bits per heavy atom. The maximum atomic E-state index is 12.3. The van der Waals surface area contributed by atoms with E-state index in [0.29, 0.717) is 5.56 Å². The summed E-state index contributed by atoms with van der Waals surface area (Å²) in [7, 11) is 0. The first-order valence-electron chi connectivity index (χ1n) is 6.69. The Hall–Kier alpha value is -2.57. The second-order valence-corrected chi connectivity index (χ2v) is 4.76. The molecular weight excluding hydrogens is 262 g/mol. The van der Waals surface area contributed by atoms with Crippen molar-refractivity contribution in [2.75, 3.05) is 11.9 Å². The molecule has 2 aromatic carbocycles. The number of hydrogen-bond acceptors (Lipinski definition) is 2. The summed E-state index contributed by atoms with van der Waals surface area (Å²) in [5, 5.41) is 11.6. The van der Waals surface area contributed by atoms with Crippen molar-refractivity contribution in [3.05, 3.63) is 64.7 Å². The third-order valence-electron chi connectivity index (χ3n) is 3.19. The highest BCUT2D eigenvalue weighted by atomic mass is 16.2. The third-order valence-corrected chi connectivity index (χ3v) is 3.19. The van der Waals surface area contributed by atoms with E-state index in [1.807, 2.05) is 50.2 Å². The molecule has 0 bridgehead atoms. The van der Waals surface area contributed by atoms with Crippen LogP contribution in [-0.4, -0.2) is 17.6 Å². The Morgan fingerprint density at radius 1 is 1.14 bits per heavy atom. The van der Waals surface area contributed by atoms with Crippen molar-refractivity contribution in [1.29, 1.82) is 0 Å². The molecule has 0 aromatic heterocycles. The number of hydrogen-bond donors (Lipinski definition) is 2. The molecule has 2 rings (SSSR count). The van der Waals surface area contributed by atoms with Gasteiger partial charge in [0.15, 0.2) is 0 Å². The zero-order valence-corrected chi connectivity index (χ0v) is 12.1. The lowest BCUT2D eigenvalue weighted by Gasteiger charge is -2.10. The van der Waals surface area contributed by atoms with E-state index in [-0.39, 0.29) is 12.5 Å². The highest BCUT2D eigenvalue weighted by Gasteiger charge is 2.10. The van der Waals surface area contributed by atoms with Crippen LogP contribution in [0.2, 0.25) is 0 Å². The van der Waals surface area contributed by atoms with Gasteiger partial charge >= 0.3 is 0 Å². The SMILES string of the molecule is Cc1ccc(C#CCO)cc1NC(=O)c1ccccc1C. The Kier molecular flexibility index (Phi) is 4.76. The van der Waals surface area contributed by atoms with Crippen molar-refractivity contribution >= 4 is 11.6 Å². The molecule has 3 heteroatoms. The van der Waals surface area contributed by atoms with Gasteiger partial charge in [-0.3, -0.25) is 4.79 Å². The molecular formula is C18H17NO2. The average Bonchev–Trinajstić information content (AvgIpc) is 2.48. The van der Waals surface area contributed by atoms with Gasteiger partial charge in [0.2, 0.25) is 0 Å². The van der Waals surface area contributed by atoms with Crippen LogP contribution in [0.3, 0.4) is 0 Å². The minimum Gasteiger partial charge on any atom is -0.384 e. The molecule has 2 aromatic rings. The number of anilines is 1. The van der Waals surface area contributed by atoms with Gasteiger partial charge in [-0.25, -0.2) is 0 Å². The molecule has 0 aliphatic heterocycles. The number of amides is 1. The summed E-state index contributed by atoms with van der Waals surface area (Å²) in [6.45, 7) is 3.65. The summed E-state index contributed by atoms with van der Waals surface area (Å²) in [6.07, 6.45) is 0. The molecule has 0 radical (unpaired) electrons. The molecule has 1 amide bonds. The molecule has 21 heavy (non-hydrogen) atoms. The normalized spacial score (nSPS) is 9.67. The first-order valence-corrected chi connectivity index (χ1v) is 6.69. The van der Waals surface area contributed by atoms with E-state index in [1.165, 1.54) is 0 Å². The van der Waals surface area contributed by atoms with Crippen LogP contribution in [0.5, 0.6) is 0 Å². The van der Waals surface area contributed by atoms with Crippen LogP contribution in [0.4, 0.5) is 5.69 Å². The van der Waals surface area contributed by atoms with Gasteiger partial charge in [0.05, 0.1) is 0 Å². The van der Waals surface area contributed by atoms with Crippen LogP contribution in [0.25, 0.3) is 0 Å². The molecule has 3 nitrogen and oxygen atoms in total. The molecule has 2 N–H and O–H groups in total. The van der Waals surface area contributed by atoms with Crippen LogP contribution >= 0.6 is 0 Å². The molecule has 0 spiro atoms. The summed E-state index contributed by atoms with van der Waals surface area (Å²) >= 11 is 0. The summed E-state index contributed by atoms with van der Waals surface area (Å²) < 4.78 is 0. The minimum absolute atomic E-state index is 0.136. The van der Waals surface area contributed by atoms with Gasteiger partial charge in [-0.05, 0) is 43.2 Å². The summed E-state index contributed by atoms with van der Waals surface area (Å²) in [6, 6.07) is 13.0. The van der Waals surface area contributed by atoms with E-state index in [1.54, 1.807) is 6.07 Å². The van der Waals surface area contributed by atoms with Crippen molar-refractivity contribution in [2.45, 2.75) is 13.8 Å². The third kappa shape index (κ3) is 3.71. The molecule has 0 aliphatic carbocycles. The van der Waals surface area contributed by atoms with Crippen LogP contribution in [-0.2, 0) is 0 Å². The van der Waals surface area contributed by atoms with E-state index in [4.69, 9.17) is 5.11 Å². The second kappa shape index (κ2) is 6.74. The lowest BCUT2D eigenvalue weighted by Crippen LogP contribution is -2.14. The highest BCUT2D eigenvalue weighted by molar-refractivity contribution is 6.05. The highest BCUT2D eigenvalue weighted by Crippen LogP contribution is 2.18. The minimum atomic E-state index is -0.182. The van der Waals surface area contributed by atoms with Crippen molar-refractivity contribution < 1.29 is 9.90 Å². The molecule has 106 valence electrons. The largest absolute Gasteiger partial charge is 0.384 e. The van der Waals surface area contributed by atoms with E-state index in [0.717, 1.165) is 22.4 Å². The molecule has 0 fully saturated rings. The topological polar surface area (TPSA) is 49.3 Å². The van der Waals surface area contributed by atoms with Gasteiger partial charge in [0, 0.05) is 16.8 Å². The summed E-state index contributed by atoms with van der Waals surface area (Å²) in [5.74, 6) is 5.30. The molecule has 0 saturated carbocycles. The Labute approximate surface area is 124 Å². The maximum Gasteiger partial charge on any atom is 0.255 e. The number of benzene rings is 2. The summed E-state index contributed by atoms with van der Waals surface area (Å²) in [5.41, 5.74) is 4.04. The number of rotatable bonds is 2. The first-order chi connectivity index (χ1) is 10.1. The Bertz CT molecular complexity index is 723. The van der Waals surface area contributed by atoms with Gasteiger partial charge in [0.25, 0.3) is 5.91 Å². The van der Waals surface area contributed by atoms with E-state index in [2.05, 4.69) is 17.2 Å². The van der Waals surface area contributed by atoms with Gasteiger partial charge in [0.1, 0.15) is 6.61 Å². The lowest BCUT2D eigenvalue weighted by atomic mass is 10.1. The molecule has 0 atom stereocenters. The molecule has 0 heterocycles. The molecule has 0 unspecified atom stereocenters. The van der Waals surface area contributed by atoms with Gasteiger partial charge in [-0.1, -0.05) is 36.1 Å². The van der Waals surface area contributed by atoms with Crippen LogP contribution < -0.4 is 5.32 Å². The quantitative estimate of drug-likeness (QED) is 0.830. The Balaban J connectivity index is 2.27. The first kappa shape index (κ1) is 14.8. The monoisotopic (exact) mass is 279 g/mol. The van der Waals surface area contributed by atoms with Crippen LogP contribution in [0, 0.1) is 25.7 Å². The smallest absolute Gasteiger partial charge is 0.255 e. The van der Waals surface area contributed by atoms with E-state index < -0.39 is 0 Å². The zero-order chi connectivity index (χ0) is 15.2. The predicted molar refractivity (Wildman–Crippen MR) is 84.3 cm³/mol. The number of nitrogens with one attached hydrogen (secondary N) is 1. The van der Waals surface area contributed by atoms with Crippen molar-refractivity contribution in [2.24, 2.45) is 0 Å². The zero-order valence-electron chi connectivity index (χ0n) is 12.1. The fourth-order valence-corrected chi connectivity index (χ4v) is 1.99. The molecule has 0 aliphatic rings. The fourth-order valence-electron chi connectivity index (χ4n) is 1.99. The fraction of sp³-hybridized carbons (Fsp3) is 0.167. The average molecular weight is 279 g/mol. The van der Waals surface area contributed by atoms with E-state index >= 15 is 0 Å². The van der Waals surface area contributed by atoms with Gasteiger partial charge in [-0.2, -0.15) is 0 Å². The van der Waals surface area contributed by atoms with Crippen molar-refractivity contribution in [1.82, 2.24) is 0 Å². The summed E-state index contributed by atoms with van der Waals surface area (Å²) in [4.78, 5) is 12.3. The Morgan fingerprint density at radius 3 is 2.62 bits per heavy atom. The number of carbonyl (C=O) groups is 1. The molecule has 0 saturated heterocycles. The van der Waals surface area contributed by atoms with Crippen LogP contribution in [0.1, 0.15) is 27.0 Å². The number of aryl methyl sites for hydroxylation is 2. The van der Waals surface area contributed by atoms with E-state index in [9.17, 15) is 4.79 Å². The van der Waals surface area contributed by atoms with Crippen LogP contribution in [0.15, 0.2) is 42.5 Å². The van der Waals surface area contributed by atoms with Crippen molar-refractivity contribution in [3.63, 3.8) is 0 Å². The predicted octanol–water partition coefficient (Wildman–Crippen LogP) is 2.90. The number of carbonyl (C=O) groups excluding carboxylic acids is 1. The lowest BCUT2D eigenvalue weighted by molar-refractivity contribution is 0.102. The standard InChI is InChI=1S/C18H17NO2/c1-13-6-3-4-8-16(13)18(21)19-17-12-15(7-5-11-20)10-9-14(17)2/h3-4,6,8-10,12,20H,11H2,1-2H3,(H,19,21). The number of aliphatic hydroxyl groups excluding tert-OH is 1. The van der Waals surface area contributed by atoms with Gasteiger partial charge < -0.3 is 10.4 Å². The maximum absolute atomic E-state index is 12.3. The second-order valence-electron chi connectivity index (χ2n) is 4.76. The van der Waals surface area contributed by atoms with Crippen molar-refractivity contribution in [3.8, 4) is 11.8 Å².